The first-order valence-corrected chi connectivity index (χ1v) is 7.55. The van der Waals surface area contributed by atoms with E-state index in [4.69, 9.17) is 4.52 Å². The van der Waals surface area contributed by atoms with Gasteiger partial charge in [-0.05, 0) is 26.0 Å². The first kappa shape index (κ1) is 14.7. The summed E-state index contributed by atoms with van der Waals surface area (Å²) in [6.45, 7) is 3.71. The fraction of sp³-hybridized carbons (Fsp3) is 0.286. The molecule has 0 aliphatic heterocycles. The number of aryl methyl sites for hydroxylation is 1. The zero-order valence-electron chi connectivity index (χ0n) is 12.3. The lowest BCUT2D eigenvalue weighted by molar-refractivity contribution is 0.376. The fourth-order valence-electron chi connectivity index (χ4n) is 1.98. The minimum Gasteiger partial charge on any atom is -0.338 e. The summed E-state index contributed by atoms with van der Waals surface area (Å²) in [6.07, 6.45) is 0. The Hall–Kier alpha value is -2.22. The first-order chi connectivity index (χ1) is 10.6. The molecule has 1 atom stereocenters. The second-order valence-corrected chi connectivity index (χ2v) is 6.09. The van der Waals surface area contributed by atoms with Crippen molar-refractivity contribution in [2.75, 3.05) is 0 Å². The molecule has 3 aromatic rings. The standard InChI is InChI=1S/C14H14FN5OS/c1-8(13-16-9(2)19-21-13)22-14-18-17-12(20(14)3)10-6-4-5-7-11(10)15/h4-8H,1-3H3. The van der Waals surface area contributed by atoms with Crippen molar-refractivity contribution in [1.29, 1.82) is 0 Å². The van der Waals surface area contributed by atoms with Crippen LogP contribution in [0.25, 0.3) is 11.4 Å². The fourth-order valence-corrected chi connectivity index (χ4v) is 2.83. The van der Waals surface area contributed by atoms with Gasteiger partial charge in [-0.25, -0.2) is 4.39 Å². The largest absolute Gasteiger partial charge is 0.338 e. The van der Waals surface area contributed by atoms with Gasteiger partial charge in [0, 0.05) is 7.05 Å². The maximum Gasteiger partial charge on any atom is 0.239 e. The normalized spacial score (nSPS) is 12.5. The van der Waals surface area contributed by atoms with Crippen molar-refractivity contribution in [2.45, 2.75) is 24.3 Å². The number of hydrogen-bond donors (Lipinski definition) is 0. The monoisotopic (exact) mass is 319 g/mol. The molecule has 3 rings (SSSR count). The molecule has 1 aromatic carbocycles. The van der Waals surface area contributed by atoms with Gasteiger partial charge in [0.25, 0.3) is 0 Å². The van der Waals surface area contributed by atoms with E-state index < -0.39 is 0 Å². The summed E-state index contributed by atoms with van der Waals surface area (Å²) >= 11 is 1.43. The quantitative estimate of drug-likeness (QED) is 0.688. The van der Waals surface area contributed by atoms with Crippen LogP contribution in [0.2, 0.25) is 0 Å². The molecule has 2 aromatic heterocycles. The summed E-state index contributed by atoms with van der Waals surface area (Å²) < 4.78 is 20.8. The molecule has 0 amide bonds. The topological polar surface area (TPSA) is 69.6 Å². The molecule has 0 aliphatic carbocycles. The summed E-state index contributed by atoms with van der Waals surface area (Å²) in [5.74, 6) is 1.27. The van der Waals surface area contributed by atoms with E-state index in [1.165, 1.54) is 17.8 Å². The molecule has 114 valence electrons. The average molecular weight is 319 g/mol. The lowest BCUT2D eigenvalue weighted by atomic mass is 10.2. The summed E-state index contributed by atoms with van der Waals surface area (Å²) in [7, 11) is 1.80. The van der Waals surface area contributed by atoms with Gasteiger partial charge in [0.15, 0.2) is 16.8 Å². The molecule has 0 spiro atoms. The maximum absolute atomic E-state index is 13.9. The second kappa shape index (κ2) is 5.88. The summed E-state index contributed by atoms with van der Waals surface area (Å²) in [6, 6.07) is 6.49. The zero-order valence-corrected chi connectivity index (χ0v) is 13.1. The van der Waals surface area contributed by atoms with Crippen LogP contribution in [0.1, 0.15) is 23.9 Å². The molecule has 0 radical (unpaired) electrons. The van der Waals surface area contributed by atoms with Crippen molar-refractivity contribution in [3.63, 3.8) is 0 Å². The van der Waals surface area contributed by atoms with E-state index in [1.807, 2.05) is 6.92 Å². The lowest BCUT2D eigenvalue weighted by Crippen LogP contribution is -1.98. The number of halogens is 1. The van der Waals surface area contributed by atoms with E-state index in [9.17, 15) is 4.39 Å². The van der Waals surface area contributed by atoms with Crippen LogP contribution >= 0.6 is 11.8 Å². The van der Waals surface area contributed by atoms with Crippen LogP contribution in [0.4, 0.5) is 4.39 Å². The zero-order chi connectivity index (χ0) is 15.7. The summed E-state index contributed by atoms with van der Waals surface area (Å²) in [5, 5.41) is 12.6. The Morgan fingerprint density at radius 3 is 2.73 bits per heavy atom. The van der Waals surface area contributed by atoms with E-state index >= 15 is 0 Å². The predicted octanol–water partition coefficient (Wildman–Crippen LogP) is 3.17. The molecule has 0 N–H and O–H groups in total. The molecule has 22 heavy (non-hydrogen) atoms. The van der Waals surface area contributed by atoms with Crippen molar-refractivity contribution >= 4 is 11.8 Å². The molecule has 0 saturated carbocycles. The SMILES string of the molecule is Cc1noc(C(C)Sc2nnc(-c3ccccc3F)n2C)n1. The Balaban J connectivity index is 1.86. The van der Waals surface area contributed by atoms with Crippen molar-refractivity contribution in [3.8, 4) is 11.4 Å². The van der Waals surface area contributed by atoms with Gasteiger partial charge in [0.05, 0.1) is 10.8 Å². The van der Waals surface area contributed by atoms with E-state index in [0.717, 1.165) is 0 Å². The highest BCUT2D eigenvalue weighted by Crippen LogP contribution is 2.34. The third kappa shape index (κ3) is 2.74. The molecule has 0 bridgehead atoms. The van der Waals surface area contributed by atoms with Crippen LogP contribution in [0.5, 0.6) is 0 Å². The van der Waals surface area contributed by atoms with Gasteiger partial charge < -0.3 is 9.09 Å². The highest BCUT2D eigenvalue weighted by molar-refractivity contribution is 7.99. The van der Waals surface area contributed by atoms with Crippen molar-refractivity contribution in [2.24, 2.45) is 7.05 Å². The van der Waals surface area contributed by atoms with Crippen LogP contribution in [-0.2, 0) is 7.05 Å². The molecule has 6 nitrogen and oxygen atoms in total. The molecule has 0 aliphatic rings. The molecular weight excluding hydrogens is 305 g/mol. The molecule has 0 fully saturated rings. The molecule has 1 unspecified atom stereocenters. The number of hydrogen-bond acceptors (Lipinski definition) is 6. The smallest absolute Gasteiger partial charge is 0.239 e. The lowest BCUT2D eigenvalue weighted by Gasteiger charge is -2.07. The summed E-state index contributed by atoms with van der Waals surface area (Å²) in [5.41, 5.74) is 0.422. The van der Waals surface area contributed by atoms with E-state index in [0.29, 0.717) is 28.3 Å². The molecule has 2 heterocycles. The number of benzene rings is 1. The van der Waals surface area contributed by atoms with Crippen LogP contribution in [-0.4, -0.2) is 24.9 Å². The van der Waals surface area contributed by atoms with E-state index in [-0.39, 0.29) is 11.1 Å². The first-order valence-electron chi connectivity index (χ1n) is 6.67. The van der Waals surface area contributed by atoms with E-state index in [2.05, 4.69) is 20.3 Å². The van der Waals surface area contributed by atoms with Gasteiger partial charge in [-0.15, -0.1) is 10.2 Å². The summed E-state index contributed by atoms with van der Waals surface area (Å²) in [4.78, 5) is 4.20. The Kier molecular flexibility index (Phi) is 3.93. The van der Waals surface area contributed by atoms with Gasteiger partial charge in [0.2, 0.25) is 5.89 Å². The molecule has 0 saturated heterocycles. The van der Waals surface area contributed by atoms with Crippen molar-refractivity contribution < 1.29 is 8.91 Å². The van der Waals surface area contributed by atoms with Gasteiger partial charge in [-0.2, -0.15) is 4.98 Å². The van der Waals surface area contributed by atoms with Crippen LogP contribution in [0.3, 0.4) is 0 Å². The average Bonchev–Trinajstić information content (AvgIpc) is 3.07. The van der Waals surface area contributed by atoms with E-state index in [1.54, 1.807) is 36.7 Å². The van der Waals surface area contributed by atoms with Crippen LogP contribution < -0.4 is 0 Å². The second-order valence-electron chi connectivity index (χ2n) is 4.78. The minimum atomic E-state index is -0.324. The van der Waals surface area contributed by atoms with Crippen molar-refractivity contribution in [3.05, 3.63) is 41.8 Å². The highest BCUT2D eigenvalue weighted by Gasteiger charge is 2.20. The number of rotatable bonds is 4. The Labute approximate surface area is 130 Å². The Morgan fingerprint density at radius 1 is 1.27 bits per heavy atom. The Morgan fingerprint density at radius 2 is 2.05 bits per heavy atom. The number of aromatic nitrogens is 5. The molecule has 8 heteroatoms. The Bertz CT molecular complexity index is 800. The third-order valence-electron chi connectivity index (χ3n) is 3.12. The third-order valence-corrected chi connectivity index (χ3v) is 4.24. The predicted molar refractivity (Wildman–Crippen MR) is 79.7 cm³/mol. The van der Waals surface area contributed by atoms with Gasteiger partial charge in [-0.3, -0.25) is 0 Å². The van der Waals surface area contributed by atoms with Crippen LogP contribution in [0, 0.1) is 12.7 Å². The maximum atomic E-state index is 13.9. The highest BCUT2D eigenvalue weighted by atomic mass is 32.2. The number of thioether (sulfide) groups is 1. The van der Waals surface area contributed by atoms with Gasteiger partial charge >= 0.3 is 0 Å². The molecular formula is C14H14FN5OS. The van der Waals surface area contributed by atoms with Gasteiger partial charge in [0.1, 0.15) is 5.82 Å². The van der Waals surface area contributed by atoms with Gasteiger partial charge in [-0.1, -0.05) is 29.1 Å². The van der Waals surface area contributed by atoms with Crippen LogP contribution in [0.15, 0.2) is 33.9 Å². The van der Waals surface area contributed by atoms with Crippen molar-refractivity contribution in [1.82, 2.24) is 24.9 Å². The minimum absolute atomic E-state index is 0.0717. The number of nitrogens with zero attached hydrogens (tertiary/aromatic N) is 5.